The van der Waals surface area contributed by atoms with Gasteiger partial charge in [0.05, 0.1) is 5.56 Å². The molecular formula is C22H23N5O2. The first-order valence-corrected chi connectivity index (χ1v) is 9.67. The van der Waals surface area contributed by atoms with Crippen LogP contribution in [0, 0.1) is 6.92 Å². The Morgan fingerprint density at radius 1 is 1.10 bits per heavy atom. The molecular weight excluding hydrogens is 366 g/mol. The molecule has 1 fully saturated rings. The topological polar surface area (TPSA) is 94.2 Å². The minimum atomic E-state index is -0.106. The molecule has 0 aliphatic carbocycles. The van der Waals surface area contributed by atoms with Crippen LogP contribution in [0.2, 0.25) is 0 Å². The quantitative estimate of drug-likeness (QED) is 0.733. The molecule has 1 saturated heterocycles. The number of benzene rings is 1. The highest BCUT2D eigenvalue weighted by molar-refractivity contribution is 5.98. The fraction of sp³-hybridized carbons (Fsp3) is 0.273. The fourth-order valence-corrected chi connectivity index (χ4v) is 3.62. The van der Waals surface area contributed by atoms with E-state index in [1.54, 1.807) is 30.7 Å². The number of hydrogen-bond donors (Lipinski definition) is 1. The Kier molecular flexibility index (Phi) is 5.37. The van der Waals surface area contributed by atoms with Gasteiger partial charge in [0.1, 0.15) is 17.3 Å². The lowest BCUT2D eigenvalue weighted by molar-refractivity contribution is 0.0705. The molecule has 1 aliphatic rings. The smallest absolute Gasteiger partial charge is 0.257 e. The van der Waals surface area contributed by atoms with Gasteiger partial charge in [0.2, 0.25) is 5.88 Å². The number of nitrogen functional groups attached to an aromatic ring is 1. The van der Waals surface area contributed by atoms with Crippen molar-refractivity contribution in [2.75, 3.05) is 18.8 Å². The van der Waals surface area contributed by atoms with E-state index >= 15 is 0 Å². The standard InChI is InChI=1S/C22H23N5O2/c1-15-6-2-3-9-18(15)29-21-19(24-11-12-26-21)16-7-5-13-27(14-16)22(28)17-8-4-10-25-20(17)23/h2-4,6,8-12,16H,5,7,13-14H2,1H3,(H2,23,25)/t16-/m1/s1. The molecule has 3 aromatic rings. The summed E-state index contributed by atoms with van der Waals surface area (Å²) in [6.07, 6.45) is 6.66. The number of carbonyl (C=O) groups is 1. The van der Waals surface area contributed by atoms with Gasteiger partial charge in [-0.15, -0.1) is 0 Å². The number of rotatable bonds is 4. The lowest BCUT2D eigenvalue weighted by Crippen LogP contribution is -2.39. The van der Waals surface area contributed by atoms with Crippen LogP contribution in [-0.2, 0) is 0 Å². The van der Waals surface area contributed by atoms with Crippen LogP contribution in [0.5, 0.6) is 11.6 Å². The Labute approximate surface area is 169 Å². The predicted octanol–water partition coefficient (Wildman–Crippen LogP) is 3.57. The molecule has 1 aliphatic heterocycles. The van der Waals surface area contributed by atoms with Gasteiger partial charge in [-0.3, -0.25) is 9.78 Å². The molecule has 2 aromatic heterocycles. The van der Waals surface area contributed by atoms with Crippen molar-refractivity contribution in [1.82, 2.24) is 19.9 Å². The highest BCUT2D eigenvalue weighted by Gasteiger charge is 2.29. The van der Waals surface area contributed by atoms with Gasteiger partial charge in [-0.2, -0.15) is 0 Å². The minimum Gasteiger partial charge on any atom is -0.437 e. The number of nitrogens with two attached hydrogens (primary N) is 1. The largest absolute Gasteiger partial charge is 0.437 e. The van der Waals surface area contributed by atoms with E-state index in [2.05, 4.69) is 15.0 Å². The minimum absolute atomic E-state index is 0.0401. The molecule has 4 rings (SSSR count). The summed E-state index contributed by atoms with van der Waals surface area (Å²) >= 11 is 0. The van der Waals surface area contributed by atoms with Gasteiger partial charge >= 0.3 is 0 Å². The SMILES string of the molecule is Cc1ccccc1Oc1nccnc1[C@@H]1CCCN(C(=O)c2cccnc2N)C1. The Morgan fingerprint density at radius 3 is 2.76 bits per heavy atom. The van der Waals surface area contributed by atoms with Crippen LogP contribution in [0.4, 0.5) is 5.82 Å². The fourth-order valence-electron chi connectivity index (χ4n) is 3.62. The number of piperidine rings is 1. The van der Waals surface area contributed by atoms with Crippen LogP contribution in [0.1, 0.15) is 40.4 Å². The van der Waals surface area contributed by atoms with Gasteiger partial charge in [0.25, 0.3) is 5.91 Å². The van der Waals surface area contributed by atoms with Gasteiger partial charge in [0.15, 0.2) is 0 Å². The monoisotopic (exact) mass is 389 g/mol. The van der Waals surface area contributed by atoms with Gasteiger partial charge in [-0.05, 0) is 43.5 Å². The van der Waals surface area contributed by atoms with E-state index in [1.807, 2.05) is 36.1 Å². The second-order valence-electron chi connectivity index (χ2n) is 7.14. The normalized spacial score (nSPS) is 16.4. The molecule has 1 aromatic carbocycles. The average Bonchev–Trinajstić information content (AvgIpc) is 2.76. The van der Waals surface area contributed by atoms with Crippen molar-refractivity contribution in [2.45, 2.75) is 25.7 Å². The molecule has 0 unspecified atom stereocenters. The predicted molar refractivity (Wildman–Crippen MR) is 110 cm³/mol. The van der Waals surface area contributed by atoms with E-state index in [0.717, 1.165) is 29.8 Å². The Balaban J connectivity index is 1.57. The number of para-hydroxylation sites is 1. The Morgan fingerprint density at radius 2 is 1.93 bits per heavy atom. The first-order chi connectivity index (χ1) is 14.1. The number of aryl methyl sites for hydroxylation is 1. The summed E-state index contributed by atoms with van der Waals surface area (Å²) in [6, 6.07) is 11.2. The first-order valence-electron chi connectivity index (χ1n) is 9.67. The molecule has 0 radical (unpaired) electrons. The molecule has 7 nitrogen and oxygen atoms in total. The van der Waals surface area contributed by atoms with E-state index in [9.17, 15) is 4.79 Å². The molecule has 1 atom stereocenters. The second kappa shape index (κ2) is 8.26. The van der Waals surface area contributed by atoms with Crippen LogP contribution in [0.3, 0.4) is 0 Å². The molecule has 29 heavy (non-hydrogen) atoms. The van der Waals surface area contributed by atoms with Crippen molar-refractivity contribution in [3.8, 4) is 11.6 Å². The van der Waals surface area contributed by atoms with Gasteiger partial charge < -0.3 is 15.4 Å². The lowest BCUT2D eigenvalue weighted by Gasteiger charge is -2.33. The van der Waals surface area contributed by atoms with Crippen molar-refractivity contribution in [1.29, 1.82) is 0 Å². The maximum atomic E-state index is 13.0. The summed E-state index contributed by atoms with van der Waals surface area (Å²) in [5.41, 5.74) is 8.13. The first kappa shape index (κ1) is 18.9. The molecule has 2 N–H and O–H groups in total. The molecule has 0 spiro atoms. The van der Waals surface area contributed by atoms with E-state index < -0.39 is 0 Å². The number of likely N-dealkylation sites (tertiary alicyclic amines) is 1. The van der Waals surface area contributed by atoms with E-state index in [-0.39, 0.29) is 17.6 Å². The van der Waals surface area contributed by atoms with Crippen molar-refractivity contribution in [2.24, 2.45) is 0 Å². The van der Waals surface area contributed by atoms with Crippen molar-refractivity contribution in [3.63, 3.8) is 0 Å². The zero-order valence-corrected chi connectivity index (χ0v) is 16.3. The van der Waals surface area contributed by atoms with Crippen molar-refractivity contribution >= 4 is 11.7 Å². The molecule has 7 heteroatoms. The Bertz CT molecular complexity index is 1020. The summed E-state index contributed by atoms with van der Waals surface area (Å²) in [5, 5.41) is 0. The summed E-state index contributed by atoms with van der Waals surface area (Å²) < 4.78 is 6.09. The molecule has 0 saturated carbocycles. The second-order valence-corrected chi connectivity index (χ2v) is 7.14. The van der Waals surface area contributed by atoms with Gasteiger partial charge in [0, 0.05) is 37.6 Å². The average molecular weight is 389 g/mol. The number of nitrogens with zero attached hydrogens (tertiary/aromatic N) is 4. The summed E-state index contributed by atoms with van der Waals surface area (Å²) in [6.45, 7) is 3.21. The zero-order valence-electron chi connectivity index (χ0n) is 16.3. The highest BCUT2D eigenvalue weighted by atomic mass is 16.5. The van der Waals surface area contributed by atoms with Crippen LogP contribution in [0.25, 0.3) is 0 Å². The number of ether oxygens (including phenoxy) is 1. The number of hydrogen-bond acceptors (Lipinski definition) is 6. The van der Waals surface area contributed by atoms with Gasteiger partial charge in [-0.1, -0.05) is 18.2 Å². The number of pyridine rings is 1. The van der Waals surface area contributed by atoms with Crippen LogP contribution in [-0.4, -0.2) is 38.8 Å². The molecule has 148 valence electrons. The van der Waals surface area contributed by atoms with Crippen molar-refractivity contribution < 1.29 is 9.53 Å². The Hall–Kier alpha value is -3.48. The van der Waals surface area contributed by atoms with Crippen LogP contribution >= 0.6 is 0 Å². The number of aromatic nitrogens is 3. The van der Waals surface area contributed by atoms with Gasteiger partial charge in [-0.25, -0.2) is 9.97 Å². The number of anilines is 1. The van der Waals surface area contributed by atoms with E-state index in [4.69, 9.17) is 10.5 Å². The highest BCUT2D eigenvalue weighted by Crippen LogP contribution is 2.34. The summed E-state index contributed by atoms with van der Waals surface area (Å²) in [4.78, 5) is 27.8. The number of carbonyl (C=O) groups excluding carboxylic acids is 1. The third kappa shape index (κ3) is 4.03. The van der Waals surface area contributed by atoms with E-state index in [1.165, 1.54) is 0 Å². The zero-order chi connectivity index (χ0) is 20.2. The molecule has 1 amide bonds. The third-order valence-corrected chi connectivity index (χ3v) is 5.16. The molecule has 0 bridgehead atoms. The van der Waals surface area contributed by atoms with Crippen LogP contribution in [0.15, 0.2) is 55.0 Å². The van der Waals surface area contributed by atoms with Crippen molar-refractivity contribution in [3.05, 3.63) is 71.8 Å². The maximum Gasteiger partial charge on any atom is 0.257 e. The maximum absolute atomic E-state index is 13.0. The number of amides is 1. The summed E-state index contributed by atoms with van der Waals surface area (Å²) in [7, 11) is 0. The third-order valence-electron chi connectivity index (χ3n) is 5.16. The lowest BCUT2D eigenvalue weighted by atomic mass is 9.94. The summed E-state index contributed by atoms with van der Waals surface area (Å²) in [5.74, 6) is 1.43. The van der Waals surface area contributed by atoms with E-state index in [0.29, 0.717) is 24.5 Å². The van der Waals surface area contributed by atoms with Crippen LogP contribution < -0.4 is 10.5 Å². The molecule has 3 heterocycles.